The molecule has 0 unspecified atom stereocenters. The minimum atomic E-state index is -0.243. The lowest BCUT2D eigenvalue weighted by molar-refractivity contribution is -0.149. The number of carbonyl (C=O) groups excluding carboxylic acids is 2. The van der Waals surface area contributed by atoms with E-state index in [-0.39, 0.29) is 24.1 Å². The van der Waals surface area contributed by atoms with E-state index in [1.807, 2.05) is 0 Å². The van der Waals surface area contributed by atoms with Crippen LogP contribution in [-0.4, -0.2) is 24.1 Å². The number of rotatable bonds is 4. The van der Waals surface area contributed by atoms with Crippen LogP contribution in [0.1, 0.15) is 33.1 Å². The predicted molar refractivity (Wildman–Crippen MR) is 54.1 cm³/mol. The topological polar surface area (TPSA) is 52.6 Å². The van der Waals surface area contributed by atoms with Gasteiger partial charge in [0.25, 0.3) is 0 Å². The van der Waals surface area contributed by atoms with Crippen LogP contribution in [-0.2, 0) is 19.1 Å². The van der Waals surface area contributed by atoms with Gasteiger partial charge in [-0.05, 0) is 12.2 Å². The van der Waals surface area contributed by atoms with Crippen molar-refractivity contribution in [3.63, 3.8) is 0 Å². The predicted octanol–water partition coefficient (Wildman–Crippen LogP) is 1.59. The molecule has 0 heterocycles. The fourth-order valence-electron chi connectivity index (χ4n) is 1.31. The Labute approximate surface area is 89.2 Å². The standard InChI is InChI=1S/C11H16O4/c1-3-10(12)14-8-5-6-9(7-8)15-11(13)4-2/h5-6,8-9H,3-4,7H2,1-2H3/t8-,9+. The first kappa shape index (κ1) is 11.8. The average molecular weight is 212 g/mol. The molecule has 0 aromatic carbocycles. The first-order chi connectivity index (χ1) is 7.15. The van der Waals surface area contributed by atoms with Crippen molar-refractivity contribution in [2.45, 2.75) is 45.3 Å². The Morgan fingerprint density at radius 1 is 1.07 bits per heavy atom. The Morgan fingerprint density at radius 3 is 1.80 bits per heavy atom. The third kappa shape index (κ3) is 3.73. The van der Waals surface area contributed by atoms with Crippen molar-refractivity contribution in [1.82, 2.24) is 0 Å². The van der Waals surface area contributed by atoms with Gasteiger partial charge < -0.3 is 9.47 Å². The van der Waals surface area contributed by atoms with Crippen LogP contribution in [0.5, 0.6) is 0 Å². The van der Waals surface area contributed by atoms with Crippen molar-refractivity contribution in [2.75, 3.05) is 0 Å². The van der Waals surface area contributed by atoms with Crippen molar-refractivity contribution in [1.29, 1.82) is 0 Å². The minimum absolute atomic E-state index is 0.230. The van der Waals surface area contributed by atoms with E-state index in [4.69, 9.17) is 9.47 Å². The first-order valence-electron chi connectivity index (χ1n) is 5.23. The maximum atomic E-state index is 11.0. The molecule has 0 aromatic rings. The van der Waals surface area contributed by atoms with Crippen LogP contribution < -0.4 is 0 Å². The van der Waals surface area contributed by atoms with Crippen LogP contribution >= 0.6 is 0 Å². The Morgan fingerprint density at radius 2 is 1.47 bits per heavy atom. The molecule has 0 saturated heterocycles. The van der Waals surface area contributed by atoms with Crippen molar-refractivity contribution < 1.29 is 19.1 Å². The molecule has 4 nitrogen and oxygen atoms in total. The molecule has 0 aromatic heterocycles. The van der Waals surface area contributed by atoms with Crippen LogP contribution in [0.2, 0.25) is 0 Å². The highest BCUT2D eigenvalue weighted by Gasteiger charge is 2.23. The number of esters is 2. The molecule has 0 bridgehead atoms. The zero-order valence-corrected chi connectivity index (χ0v) is 9.06. The number of ether oxygens (including phenoxy) is 2. The van der Waals surface area contributed by atoms with E-state index in [1.165, 1.54) is 0 Å². The molecule has 84 valence electrons. The van der Waals surface area contributed by atoms with E-state index in [9.17, 15) is 9.59 Å². The lowest BCUT2D eigenvalue weighted by Crippen LogP contribution is -2.19. The van der Waals surface area contributed by atoms with E-state index < -0.39 is 0 Å². The summed E-state index contributed by atoms with van der Waals surface area (Å²) in [4.78, 5) is 22.0. The van der Waals surface area contributed by atoms with Crippen molar-refractivity contribution in [2.24, 2.45) is 0 Å². The number of hydrogen-bond acceptors (Lipinski definition) is 4. The maximum absolute atomic E-state index is 11.0. The second-order valence-electron chi connectivity index (χ2n) is 3.38. The molecule has 1 rings (SSSR count). The number of hydrogen-bond donors (Lipinski definition) is 0. The maximum Gasteiger partial charge on any atom is 0.306 e. The van der Waals surface area contributed by atoms with Gasteiger partial charge in [-0.2, -0.15) is 0 Å². The van der Waals surface area contributed by atoms with E-state index >= 15 is 0 Å². The lowest BCUT2D eigenvalue weighted by Gasteiger charge is -2.13. The van der Waals surface area contributed by atoms with E-state index in [2.05, 4.69) is 0 Å². The summed E-state index contributed by atoms with van der Waals surface area (Å²) >= 11 is 0. The summed E-state index contributed by atoms with van der Waals surface area (Å²) in [6.45, 7) is 3.49. The largest absolute Gasteiger partial charge is 0.458 e. The summed E-state index contributed by atoms with van der Waals surface area (Å²) < 4.78 is 10.2. The highest BCUT2D eigenvalue weighted by Crippen LogP contribution is 2.18. The second-order valence-corrected chi connectivity index (χ2v) is 3.38. The van der Waals surface area contributed by atoms with Gasteiger partial charge in [0.05, 0.1) is 0 Å². The molecular formula is C11H16O4. The third-order valence-corrected chi connectivity index (χ3v) is 2.15. The first-order valence-corrected chi connectivity index (χ1v) is 5.23. The zero-order valence-electron chi connectivity index (χ0n) is 9.06. The van der Waals surface area contributed by atoms with Gasteiger partial charge in [0.15, 0.2) is 0 Å². The Hall–Kier alpha value is -1.32. The summed E-state index contributed by atoms with van der Waals surface area (Å²) in [5.74, 6) is -0.459. The third-order valence-electron chi connectivity index (χ3n) is 2.15. The van der Waals surface area contributed by atoms with Crippen LogP contribution in [0.25, 0.3) is 0 Å². The van der Waals surface area contributed by atoms with Crippen molar-refractivity contribution in [3.05, 3.63) is 12.2 Å². The smallest absolute Gasteiger partial charge is 0.306 e. The molecule has 1 aliphatic carbocycles. The Balaban J connectivity index is 2.31. The molecule has 0 N–H and O–H groups in total. The monoisotopic (exact) mass is 212 g/mol. The van der Waals surface area contributed by atoms with Crippen molar-refractivity contribution in [3.8, 4) is 0 Å². The molecule has 0 aliphatic heterocycles. The van der Waals surface area contributed by atoms with Gasteiger partial charge in [0, 0.05) is 19.3 Å². The van der Waals surface area contributed by atoms with Crippen LogP contribution in [0.4, 0.5) is 0 Å². The molecule has 4 heteroatoms. The zero-order chi connectivity index (χ0) is 11.3. The summed E-state index contributed by atoms with van der Waals surface area (Å²) in [5.41, 5.74) is 0. The van der Waals surface area contributed by atoms with E-state index in [0.29, 0.717) is 19.3 Å². The molecule has 0 saturated carbocycles. The molecule has 0 amide bonds. The number of carbonyl (C=O) groups is 2. The van der Waals surface area contributed by atoms with Gasteiger partial charge in [0.2, 0.25) is 0 Å². The van der Waals surface area contributed by atoms with Crippen molar-refractivity contribution >= 4 is 11.9 Å². The second kappa shape index (κ2) is 5.53. The van der Waals surface area contributed by atoms with Gasteiger partial charge in [-0.1, -0.05) is 13.8 Å². The van der Waals surface area contributed by atoms with Gasteiger partial charge >= 0.3 is 11.9 Å². The van der Waals surface area contributed by atoms with Gasteiger partial charge in [-0.3, -0.25) is 9.59 Å². The normalized spacial score (nSPS) is 23.9. The average Bonchev–Trinajstić information content (AvgIpc) is 2.65. The SMILES string of the molecule is CCC(=O)O[C@@H]1C=C[C@H](OC(=O)CC)C1. The van der Waals surface area contributed by atoms with Crippen LogP contribution in [0.15, 0.2) is 12.2 Å². The summed E-state index contributed by atoms with van der Waals surface area (Å²) in [7, 11) is 0. The van der Waals surface area contributed by atoms with Crippen LogP contribution in [0.3, 0.4) is 0 Å². The molecule has 2 atom stereocenters. The molecule has 0 radical (unpaired) electrons. The summed E-state index contributed by atoms with van der Waals surface area (Å²) in [5, 5.41) is 0. The molecular weight excluding hydrogens is 196 g/mol. The molecule has 1 aliphatic rings. The molecule has 0 spiro atoms. The highest BCUT2D eigenvalue weighted by molar-refractivity contribution is 5.70. The van der Waals surface area contributed by atoms with E-state index in [0.717, 1.165) is 0 Å². The van der Waals surface area contributed by atoms with E-state index in [1.54, 1.807) is 26.0 Å². The lowest BCUT2D eigenvalue weighted by atomic mass is 10.3. The minimum Gasteiger partial charge on any atom is -0.458 e. The fraction of sp³-hybridized carbons (Fsp3) is 0.636. The highest BCUT2D eigenvalue weighted by atomic mass is 16.6. The van der Waals surface area contributed by atoms with Crippen LogP contribution in [0, 0.1) is 0 Å². The van der Waals surface area contributed by atoms with Gasteiger partial charge in [0.1, 0.15) is 12.2 Å². The fourth-order valence-corrected chi connectivity index (χ4v) is 1.31. The Kier molecular flexibility index (Phi) is 4.34. The molecule has 15 heavy (non-hydrogen) atoms. The molecule has 0 fully saturated rings. The summed E-state index contributed by atoms with van der Waals surface area (Å²) in [6, 6.07) is 0. The Bertz CT molecular complexity index is 244. The quantitative estimate of drug-likeness (QED) is 0.524. The summed E-state index contributed by atoms with van der Waals surface area (Å²) in [6.07, 6.45) is 4.31. The van der Waals surface area contributed by atoms with Gasteiger partial charge in [-0.25, -0.2) is 0 Å². The van der Waals surface area contributed by atoms with Gasteiger partial charge in [-0.15, -0.1) is 0 Å².